The zero-order valence-electron chi connectivity index (χ0n) is 20.9. The van der Waals surface area contributed by atoms with E-state index in [2.05, 4.69) is 0 Å². The largest absolute Gasteiger partial charge is 0.298 e. The summed E-state index contributed by atoms with van der Waals surface area (Å²) in [5, 5.41) is 0. The second-order valence-corrected chi connectivity index (χ2v) is 10.3. The minimum Gasteiger partial charge on any atom is -0.298 e. The fourth-order valence-corrected chi connectivity index (χ4v) is 5.36. The first-order valence-corrected chi connectivity index (χ1v) is 12.6. The van der Waals surface area contributed by atoms with Gasteiger partial charge in [-0.1, -0.05) is 105 Å². The topological polar surface area (TPSA) is 68.3 Å². The molecule has 1 saturated carbocycles. The van der Waals surface area contributed by atoms with Crippen LogP contribution in [0.4, 0.5) is 0 Å². The molecule has 3 aromatic rings. The molecule has 0 aliphatic heterocycles. The van der Waals surface area contributed by atoms with Gasteiger partial charge in [0.15, 0.2) is 23.1 Å². The molecule has 2 unspecified atom stereocenters. The van der Waals surface area contributed by atoms with Gasteiger partial charge < -0.3 is 0 Å². The quantitative estimate of drug-likeness (QED) is 0.391. The van der Waals surface area contributed by atoms with Crippen LogP contribution in [-0.2, 0) is 38.4 Å². The first-order valence-electron chi connectivity index (χ1n) is 12.6. The van der Waals surface area contributed by atoms with Gasteiger partial charge in [-0.3, -0.25) is 19.2 Å². The minimum atomic E-state index is -1.49. The Balaban J connectivity index is 1.86. The molecule has 0 aromatic heterocycles. The highest BCUT2D eigenvalue weighted by molar-refractivity contribution is 6.34. The third-order valence-electron chi connectivity index (χ3n) is 7.06. The summed E-state index contributed by atoms with van der Waals surface area (Å²) < 4.78 is 0. The Morgan fingerprint density at radius 2 is 1.14 bits per heavy atom. The van der Waals surface area contributed by atoms with Crippen molar-refractivity contribution < 1.29 is 19.2 Å². The van der Waals surface area contributed by atoms with Crippen molar-refractivity contribution in [2.75, 3.05) is 0 Å². The van der Waals surface area contributed by atoms with E-state index in [9.17, 15) is 19.2 Å². The molecule has 0 radical (unpaired) electrons. The van der Waals surface area contributed by atoms with Gasteiger partial charge in [0.2, 0.25) is 0 Å². The van der Waals surface area contributed by atoms with Crippen LogP contribution in [0, 0.1) is 23.2 Å². The molecule has 4 rings (SSSR count). The number of hydrogen-bond donors (Lipinski definition) is 0. The second-order valence-electron chi connectivity index (χ2n) is 10.3. The molecule has 0 heterocycles. The molecule has 0 spiro atoms. The fraction of sp³-hybridized carbons (Fsp3) is 0.312. The number of carbonyl (C=O) groups excluding carboxylic acids is 4. The van der Waals surface area contributed by atoms with E-state index in [-0.39, 0.29) is 43.2 Å². The Bertz CT molecular complexity index is 1190. The molecule has 1 fully saturated rings. The molecule has 3 aromatic carbocycles. The number of rotatable bonds is 9. The van der Waals surface area contributed by atoms with E-state index in [1.54, 1.807) is 0 Å². The highest BCUT2D eigenvalue weighted by Crippen LogP contribution is 2.42. The maximum absolute atomic E-state index is 14.3. The average molecular weight is 481 g/mol. The van der Waals surface area contributed by atoms with Gasteiger partial charge in [-0.15, -0.1) is 0 Å². The molecule has 184 valence electrons. The van der Waals surface area contributed by atoms with Crippen molar-refractivity contribution >= 4 is 23.1 Å². The first kappa shape index (κ1) is 25.4. The fourth-order valence-electron chi connectivity index (χ4n) is 5.36. The molecule has 1 aliphatic carbocycles. The standard InChI is InChI=1S/C32H32O4/c1-22(2)18-27(33)28-29(34)26(19-23-12-6-3-7-13-23)30(35)32(31(28)36,20-24-14-8-4-9-15-24)21-25-16-10-5-11-17-25/h3-17,22,26,28H,18-21H2,1-2H3. The molecule has 0 bridgehead atoms. The number of Topliss-reactive ketones (excluding diaryl/α,β-unsaturated/α-hetero) is 4. The first-order chi connectivity index (χ1) is 17.3. The Morgan fingerprint density at radius 1 is 0.694 bits per heavy atom. The van der Waals surface area contributed by atoms with Crippen molar-refractivity contribution in [2.45, 2.75) is 39.5 Å². The van der Waals surface area contributed by atoms with Crippen LogP contribution in [0.1, 0.15) is 37.0 Å². The molecule has 0 amide bonds. The molecule has 4 heteroatoms. The summed E-state index contributed by atoms with van der Waals surface area (Å²) in [5.74, 6) is -4.29. The van der Waals surface area contributed by atoms with Gasteiger partial charge in [-0.2, -0.15) is 0 Å². The van der Waals surface area contributed by atoms with Crippen LogP contribution in [-0.4, -0.2) is 23.1 Å². The van der Waals surface area contributed by atoms with Crippen molar-refractivity contribution in [1.29, 1.82) is 0 Å². The van der Waals surface area contributed by atoms with Crippen molar-refractivity contribution in [1.82, 2.24) is 0 Å². The number of benzene rings is 3. The monoisotopic (exact) mass is 480 g/mol. The van der Waals surface area contributed by atoms with Gasteiger partial charge in [0.1, 0.15) is 5.92 Å². The summed E-state index contributed by atoms with van der Waals surface area (Å²) >= 11 is 0. The molecular weight excluding hydrogens is 448 g/mol. The molecule has 0 saturated heterocycles. The van der Waals surface area contributed by atoms with Gasteiger partial charge in [0, 0.05) is 6.42 Å². The van der Waals surface area contributed by atoms with Crippen molar-refractivity contribution in [3.63, 3.8) is 0 Å². The third-order valence-corrected chi connectivity index (χ3v) is 7.06. The normalized spacial score (nSPS) is 19.5. The summed E-state index contributed by atoms with van der Waals surface area (Å²) in [5.41, 5.74) is 1.01. The number of carbonyl (C=O) groups is 4. The van der Waals surface area contributed by atoms with Gasteiger partial charge in [-0.05, 0) is 41.9 Å². The SMILES string of the molecule is CC(C)CC(=O)C1C(=O)C(Cc2ccccc2)C(=O)C(Cc2ccccc2)(Cc2ccccc2)C1=O. The lowest BCUT2D eigenvalue weighted by atomic mass is 9.56. The van der Waals surface area contributed by atoms with E-state index in [4.69, 9.17) is 0 Å². The number of hydrogen-bond acceptors (Lipinski definition) is 4. The molecule has 1 aliphatic rings. The van der Waals surface area contributed by atoms with Crippen LogP contribution in [0.15, 0.2) is 91.0 Å². The molecular formula is C32H32O4. The number of ketones is 4. The lowest BCUT2D eigenvalue weighted by Crippen LogP contribution is -2.60. The van der Waals surface area contributed by atoms with Crippen molar-refractivity contribution in [3.8, 4) is 0 Å². The second kappa shape index (κ2) is 10.9. The Labute approximate surface area is 212 Å². The van der Waals surface area contributed by atoms with Gasteiger partial charge in [-0.25, -0.2) is 0 Å². The predicted molar refractivity (Wildman–Crippen MR) is 139 cm³/mol. The lowest BCUT2D eigenvalue weighted by Gasteiger charge is -2.41. The average Bonchev–Trinajstić information content (AvgIpc) is 2.87. The maximum Gasteiger partial charge on any atom is 0.165 e. The maximum atomic E-state index is 14.3. The summed E-state index contributed by atoms with van der Waals surface area (Å²) in [7, 11) is 0. The minimum absolute atomic E-state index is 0.000878. The Hall–Kier alpha value is -3.66. The van der Waals surface area contributed by atoms with Crippen molar-refractivity contribution in [2.24, 2.45) is 23.2 Å². The van der Waals surface area contributed by atoms with Gasteiger partial charge in [0.05, 0.1) is 11.3 Å². The van der Waals surface area contributed by atoms with E-state index in [1.165, 1.54) is 0 Å². The lowest BCUT2D eigenvalue weighted by molar-refractivity contribution is -0.159. The predicted octanol–water partition coefficient (Wildman–Crippen LogP) is 5.27. The smallest absolute Gasteiger partial charge is 0.165 e. The van der Waals surface area contributed by atoms with Gasteiger partial charge >= 0.3 is 0 Å². The zero-order chi connectivity index (χ0) is 25.7. The van der Waals surface area contributed by atoms with Crippen LogP contribution < -0.4 is 0 Å². The molecule has 2 atom stereocenters. The van der Waals surface area contributed by atoms with Crippen molar-refractivity contribution in [3.05, 3.63) is 108 Å². The zero-order valence-corrected chi connectivity index (χ0v) is 20.9. The third kappa shape index (κ3) is 5.28. The van der Waals surface area contributed by atoms with Crippen LogP contribution in [0.3, 0.4) is 0 Å². The molecule has 0 N–H and O–H groups in total. The Kier molecular flexibility index (Phi) is 7.73. The van der Waals surface area contributed by atoms with E-state index >= 15 is 0 Å². The molecule has 36 heavy (non-hydrogen) atoms. The summed E-state index contributed by atoms with van der Waals surface area (Å²) in [6.07, 6.45) is 0.624. The van der Waals surface area contributed by atoms with E-state index in [1.807, 2.05) is 105 Å². The van der Waals surface area contributed by atoms with Gasteiger partial charge in [0.25, 0.3) is 0 Å². The van der Waals surface area contributed by atoms with Crippen LogP contribution >= 0.6 is 0 Å². The highest BCUT2D eigenvalue weighted by Gasteiger charge is 2.59. The van der Waals surface area contributed by atoms with E-state index in [0.29, 0.717) is 0 Å². The highest BCUT2D eigenvalue weighted by atomic mass is 16.2. The van der Waals surface area contributed by atoms with E-state index < -0.39 is 28.8 Å². The molecule has 4 nitrogen and oxygen atoms in total. The van der Waals surface area contributed by atoms with Crippen LogP contribution in [0.25, 0.3) is 0 Å². The van der Waals surface area contributed by atoms with E-state index in [0.717, 1.165) is 16.7 Å². The van der Waals surface area contributed by atoms with Crippen LogP contribution in [0.2, 0.25) is 0 Å². The summed E-state index contributed by atoms with van der Waals surface area (Å²) in [6.45, 7) is 3.78. The summed E-state index contributed by atoms with van der Waals surface area (Å²) in [6, 6.07) is 28.2. The Morgan fingerprint density at radius 3 is 1.58 bits per heavy atom. The summed E-state index contributed by atoms with van der Waals surface area (Å²) in [4.78, 5) is 55.6. The van der Waals surface area contributed by atoms with Crippen LogP contribution in [0.5, 0.6) is 0 Å².